The fourth-order valence-corrected chi connectivity index (χ4v) is 3.30. The van der Waals surface area contributed by atoms with Crippen molar-refractivity contribution in [2.45, 2.75) is 6.54 Å². The van der Waals surface area contributed by atoms with Gasteiger partial charge in [-0.1, -0.05) is 30.3 Å². The number of aryl methyl sites for hydroxylation is 1. The normalized spacial score (nSPS) is 10.8. The van der Waals surface area contributed by atoms with Crippen molar-refractivity contribution in [1.29, 1.82) is 0 Å². The summed E-state index contributed by atoms with van der Waals surface area (Å²) in [5.41, 5.74) is 2.59. The smallest absolute Gasteiger partial charge is 0.286 e. The first kappa shape index (κ1) is 18.5. The van der Waals surface area contributed by atoms with Gasteiger partial charge in [0.1, 0.15) is 5.76 Å². The van der Waals surface area contributed by atoms with E-state index >= 15 is 0 Å². The number of hydrogen-bond donors (Lipinski definition) is 2. The molecule has 0 spiro atoms. The third-order valence-electron chi connectivity index (χ3n) is 4.72. The zero-order valence-electron chi connectivity index (χ0n) is 16.1. The minimum absolute atomic E-state index is 0.189. The molecular formula is C22H20N4O3. The lowest BCUT2D eigenvalue weighted by Crippen LogP contribution is -2.23. The molecule has 2 aromatic carbocycles. The molecule has 0 bridgehead atoms. The number of carbonyl (C=O) groups excluding carboxylic acids is 2. The standard InChI is InChI=1S/C22H20N4O3/c1-23-22(28)20-10-9-15(29-20)12-24-21(27)19-8-4-6-17-16(5-3-7-18(17)19)14-11-25-26(2)13-14/h3-11,13H,12H2,1-2H3,(H,23,28)(H,24,27). The van der Waals surface area contributed by atoms with Crippen molar-refractivity contribution in [2.24, 2.45) is 7.05 Å². The van der Waals surface area contributed by atoms with E-state index in [0.29, 0.717) is 11.3 Å². The lowest BCUT2D eigenvalue weighted by Gasteiger charge is -2.10. The maximum Gasteiger partial charge on any atom is 0.286 e. The number of hydrogen-bond acceptors (Lipinski definition) is 4. The van der Waals surface area contributed by atoms with Crippen LogP contribution in [0.1, 0.15) is 26.7 Å². The van der Waals surface area contributed by atoms with Gasteiger partial charge in [0, 0.05) is 31.4 Å². The number of nitrogens with one attached hydrogen (secondary N) is 2. The van der Waals surface area contributed by atoms with Crippen LogP contribution in [0.25, 0.3) is 21.9 Å². The van der Waals surface area contributed by atoms with E-state index in [1.54, 1.807) is 22.9 Å². The van der Waals surface area contributed by atoms with E-state index < -0.39 is 0 Å². The number of fused-ring (bicyclic) bond motifs is 1. The highest BCUT2D eigenvalue weighted by Gasteiger charge is 2.14. The molecule has 0 unspecified atom stereocenters. The number of benzene rings is 2. The topological polar surface area (TPSA) is 89.2 Å². The molecule has 4 aromatic rings. The Balaban J connectivity index is 1.60. The van der Waals surface area contributed by atoms with Crippen molar-refractivity contribution >= 4 is 22.6 Å². The molecule has 146 valence electrons. The summed E-state index contributed by atoms with van der Waals surface area (Å²) < 4.78 is 7.20. The van der Waals surface area contributed by atoms with Crippen LogP contribution in [0.3, 0.4) is 0 Å². The van der Waals surface area contributed by atoms with Gasteiger partial charge in [0.2, 0.25) is 0 Å². The molecule has 0 fully saturated rings. The van der Waals surface area contributed by atoms with E-state index in [4.69, 9.17) is 4.42 Å². The molecule has 0 saturated heterocycles. The fourth-order valence-electron chi connectivity index (χ4n) is 3.30. The summed E-state index contributed by atoms with van der Waals surface area (Å²) in [5.74, 6) is 0.202. The summed E-state index contributed by atoms with van der Waals surface area (Å²) >= 11 is 0. The largest absolute Gasteiger partial charge is 0.454 e. The van der Waals surface area contributed by atoms with Crippen LogP contribution in [0, 0.1) is 0 Å². The minimum Gasteiger partial charge on any atom is -0.454 e. The number of aromatic nitrogens is 2. The van der Waals surface area contributed by atoms with Gasteiger partial charge in [-0.3, -0.25) is 14.3 Å². The second-order valence-electron chi connectivity index (χ2n) is 6.64. The highest BCUT2D eigenvalue weighted by molar-refractivity contribution is 6.10. The number of rotatable bonds is 5. The van der Waals surface area contributed by atoms with Crippen LogP contribution in [0.5, 0.6) is 0 Å². The summed E-state index contributed by atoms with van der Waals surface area (Å²) in [6, 6.07) is 14.8. The maximum absolute atomic E-state index is 12.8. The molecule has 0 aliphatic rings. The summed E-state index contributed by atoms with van der Waals surface area (Å²) in [6.07, 6.45) is 3.75. The zero-order chi connectivity index (χ0) is 20.4. The summed E-state index contributed by atoms with van der Waals surface area (Å²) in [4.78, 5) is 24.4. The quantitative estimate of drug-likeness (QED) is 0.550. The first-order valence-electron chi connectivity index (χ1n) is 9.16. The van der Waals surface area contributed by atoms with Crippen molar-refractivity contribution in [3.05, 3.63) is 78.0 Å². The summed E-state index contributed by atoms with van der Waals surface area (Å²) in [6.45, 7) is 0.189. The van der Waals surface area contributed by atoms with Crippen molar-refractivity contribution in [3.8, 4) is 11.1 Å². The van der Waals surface area contributed by atoms with Gasteiger partial charge in [-0.2, -0.15) is 5.10 Å². The highest BCUT2D eigenvalue weighted by atomic mass is 16.4. The Bertz CT molecular complexity index is 1210. The van der Waals surface area contributed by atoms with E-state index in [9.17, 15) is 9.59 Å². The van der Waals surface area contributed by atoms with Gasteiger partial charge in [-0.15, -0.1) is 0 Å². The Hall–Kier alpha value is -3.87. The Morgan fingerprint density at radius 3 is 2.59 bits per heavy atom. The average Bonchev–Trinajstić information content (AvgIpc) is 3.39. The fraction of sp³-hybridized carbons (Fsp3) is 0.136. The first-order chi connectivity index (χ1) is 14.1. The molecule has 4 rings (SSSR count). The Labute approximate surface area is 167 Å². The average molecular weight is 388 g/mol. The molecular weight excluding hydrogens is 368 g/mol. The number of furan rings is 1. The minimum atomic E-state index is -0.306. The summed E-state index contributed by atoms with van der Waals surface area (Å²) in [5, 5.41) is 11.4. The Kier molecular flexibility index (Phi) is 4.87. The van der Waals surface area contributed by atoms with E-state index in [1.807, 2.05) is 49.8 Å². The highest BCUT2D eigenvalue weighted by Crippen LogP contribution is 2.30. The molecule has 0 aliphatic carbocycles. The van der Waals surface area contributed by atoms with Gasteiger partial charge in [0.25, 0.3) is 11.8 Å². The van der Waals surface area contributed by atoms with Gasteiger partial charge in [-0.25, -0.2) is 0 Å². The summed E-state index contributed by atoms with van der Waals surface area (Å²) in [7, 11) is 3.41. The van der Waals surface area contributed by atoms with Crippen molar-refractivity contribution in [2.75, 3.05) is 7.05 Å². The zero-order valence-corrected chi connectivity index (χ0v) is 16.1. The van der Waals surface area contributed by atoms with E-state index in [1.165, 1.54) is 7.05 Å². The van der Waals surface area contributed by atoms with Gasteiger partial charge in [-0.05, 0) is 34.5 Å². The van der Waals surface area contributed by atoms with Crippen LogP contribution in [0.2, 0.25) is 0 Å². The molecule has 7 heteroatoms. The molecule has 29 heavy (non-hydrogen) atoms. The molecule has 2 heterocycles. The molecule has 2 N–H and O–H groups in total. The number of amides is 2. The molecule has 0 atom stereocenters. The van der Waals surface area contributed by atoms with Crippen LogP contribution < -0.4 is 10.6 Å². The first-order valence-corrected chi connectivity index (χ1v) is 9.16. The third kappa shape index (κ3) is 3.62. The molecule has 0 aliphatic heterocycles. The monoisotopic (exact) mass is 388 g/mol. The van der Waals surface area contributed by atoms with Gasteiger partial charge < -0.3 is 15.1 Å². The predicted octanol–water partition coefficient (Wildman–Crippen LogP) is 3.12. The lowest BCUT2D eigenvalue weighted by atomic mass is 9.97. The van der Waals surface area contributed by atoms with Crippen molar-refractivity contribution in [1.82, 2.24) is 20.4 Å². The number of carbonyl (C=O) groups is 2. The van der Waals surface area contributed by atoms with Crippen LogP contribution in [-0.2, 0) is 13.6 Å². The van der Waals surface area contributed by atoms with E-state index in [2.05, 4.69) is 15.7 Å². The second-order valence-corrected chi connectivity index (χ2v) is 6.64. The van der Waals surface area contributed by atoms with Gasteiger partial charge in [0.05, 0.1) is 12.7 Å². The van der Waals surface area contributed by atoms with Crippen LogP contribution in [-0.4, -0.2) is 28.6 Å². The predicted molar refractivity (Wildman–Crippen MR) is 109 cm³/mol. The van der Waals surface area contributed by atoms with E-state index in [0.717, 1.165) is 21.9 Å². The van der Waals surface area contributed by atoms with Crippen LogP contribution >= 0.6 is 0 Å². The Morgan fingerprint density at radius 2 is 1.83 bits per heavy atom. The third-order valence-corrected chi connectivity index (χ3v) is 4.72. The molecule has 2 aromatic heterocycles. The SMILES string of the molecule is CNC(=O)c1ccc(CNC(=O)c2cccc3c(-c4cnn(C)c4)cccc23)o1. The molecule has 0 saturated carbocycles. The Morgan fingerprint density at radius 1 is 1.03 bits per heavy atom. The van der Waals surface area contributed by atoms with Crippen LogP contribution in [0.4, 0.5) is 0 Å². The van der Waals surface area contributed by atoms with Crippen molar-refractivity contribution < 1.29 is 14.0 Å². The molecule has 7 nitrogen and oxygen atoms in total. The maximum atomic E-state index is 12.8. The van der Waals surface area contributed by atoms with Gasteiger partial charge in [0.15, 0.2) is 5.76 Å². The number of nitrogens with zero attached hydrogens (tertiary/aromatic N) is 2. The van der Waals surface area contributed by atoms with E-state index in [-0.39, 0.29) is 24.1 Å². The van der Waals surface area contributed by atoms with Crippen LogP contribution in [0.15, 0.2) is 65.3 Å². The van der Waals surface area contributed by atoms with Crippen molar-refractivity contribution in [3.63, 3.8) is 0 Å². The van der Waals surface area contributed by atoms with Gasteiger partial charge >= 0.3 is 0 Å². The lowest BCUT2D eigenvalue weighted by molar-refractivity contribution is 0.0933. The second kappa shape index (κ2) is 7.63. The molecule has 2 amide bonds. The molecule has 0 radical (unpaired) electrons.